The molecule has 2 N–H and O–H groups in total. The number of sulfonamides is 1. The maximum atomic E-state index is 15.0. The molecular weight excluding hydrogens is 894 g/mol. The molecule has 2 aliphatic rings. The lowest BCUT2D eigenvalue weighted by Gasteiger charge is -2.29. The fraction of sp³-hybridized carbons (Fsp3) is 0.359. The van der Waals surface area contributed by atoms with Crippen LogP contribution in [-0.4, -0.2) is 81.4 Å². The van der Waals surface area contributed by atoms with E-state index in [1.54, 1.807) is 12.1 Å². The molecule has 1 atom stereocenters. The van der Waals surface area contributed by atoms with Gasteiger partial charge in [-0.05, 0) is 66.9 Å². The first-order valence-electron chi connectivity index (χ1n) is 19.2. The third-order valence-corrected chi connectivity index (χ3v) is 12.6. The van der Waals surface area contributed by atoms with E-state index in [0.717, 1.165) is 21.4 Å². The van der Waals surface area contributed by atoms with Gasteiger partial charge in [0.05, 0.1) is 57.0 Å². The summed E-state index contributed by atoms with van der Waals surface area (Å²) in [6, 6.07) is 8.30. The first-order chi connectivity index (χ1) is 30.0. The van der Waals surface area contributed by atoms with Gasteiger partial charge in [-0.25, -0.2) is 48.5 Å². The second-order valence-corrected chi connectivity index (χ2v) is 17.2. The third kappa shape index (κ3) is 9.16. The summed E-state index contributed by atoms with van der Waals surface area (Å²) in [5.41, 5.74) is -2.99. The second kappa shape index (κ2) is 17.4. The van der Waals surface area contributed by atoms with Gasteiger partial charge < -0.3 is 15.0 Å². The van der Waals surface area contributed by atoms with Crippen LogP contribution in [-0.2, 0) is 39.1 Å². The zero-order chi connectivity index (χ0) is 44.9. The number of amides is 1. The van der Waals surface area contributed by atoms with Gasteiger partial charge >= 0.3 is 0 Å². The molecule has 2 fully saturated rings. The van der Waals surface area contributed by atoms with Gasteiger partial charge in [-0.2, -0.15) is 10.2 Å². The van der Waals surface area contributed by atoms with Crippen LogP contribution in [0.2, 0.25) is 5.02 Å². The number of carbonyl (C=O) groups excluding carboxylic acids is 1. The van der Waals surface area contributed by atoms with E-state index < -0.39 is 106 Å². The zero-order valence-corrected chi connectivity index (χ0v) is 34.0. The van der Waals surface area contributed by atoms with Crippen LogP contribution in [0.25, 0.3) is 27.5 Å². The van der Waals surface area contributed by atoms with Crippen LogP contribution in [0, 0.1) is 11.6 Å². The van der Waals surface area contributed by atoms with E-state index in [4.69, 9.17) is 21.3 Å². The Kier molecular flexibility index (Phi) is 12.1. The van der Waals surface area contributed by atoms with Crippen molar-refractivity contribution < 1.29 is 53.1 Å². The largest absolute Gasteiger partial charge is 0.378 e. The maximum absolute atomic E-state index is 15.0. The average Bonchev–Trinajstić information content (AvgIpc) is 3.92. The van der Waals surface area contributed by atoms with Crippen molar-refractivity contribution in [2.75, 3.05) is 35.9 Å². The van der Waals surface area contributed by atoms with E-state index in [1.165, 1.54) is 18.2 Å². The monoisotopic (exact) mass is 927 g/mol. The number of ether oxygens (including phenoxy) is 1. The number of nitrogens with zero attached hydrogens (tertiary/aromatic N) is 7. The summed E-state index contributed by atoms with van der Waals surface area (Å²) in [5, 5.41) is 8.95. The number of hydrogen-bond acceptors (Lipinski definition) is 9. The molecule has 0 bridgehead atoms. The molecule has 1 aliphatic carbocycles. The Morgan fingerprint density at radius 3 is 2.27 bits per heavy atom. The molecule has 1 saturated heterocycles. The van der Waals surface area contributed by atoms with Crippen LogP contribution in [0.3, 0.4) is 0 Å². The molecule has 1 amide bonds. The molecule has 8 rings (SSSR count). The van der Waals surface area contributed by atoms with Crippen molar-refractivity contribution in [1.29, 1.82) is 0 Å². The molecule has 1 aliphatic heterocycles. The van der Waals surface area contributed by atoms with Crippen molar-refractivity contribution >= 4 is 60.8 Å². The summed E-state index contributed by atoms with van der Waals surface area (Å²) in [4.78, 5) is 35.7. The number of aromatic nitrogens is 6. The van der Waals surface area contributed by atoms with Crippen LogP contribution in [0.1, 0.15) is 54.5 Å². The molecule has 334 valence electrons. The molecule has 3 aromatic carbocycles. The first kappa shape index (κ1) is 43.8. The van der Waals surface area contributed by atoms with Gasteiger partial charge in [0.15, 0.2) is 5.82 Å². The highest BCUT2D eigenvalue weighted by Crippen LogP contribution is 2.38. The fourth-order valence-electron chi connectivity index (χ4n) is 7.46. The molecule has 3 aromatic heterocycles. The van der Waals surface area contributed by atoms with Crippen LogP contribution < -0.4 is 20.5 Å². The molecule has 4 heterocycles. The van der Waals surface area contributed by atoms with E-state index in [9.17, 15) is 48.3 Å². The molecule has 1 saturated carbocycles. The van der Waals surface area contributed by atoms with Crippen molar-refractivity contribution in [2.45, 2.75) is 62.9 Å². The van der Waals surface area contributed by atoms with E-state index in [1.807, 2.05) is 4.90 Å². The van der Waals surface area contributed by atoms with Crippen LogP contribution in [0.15, 0.2) is 59.4 Å². The van der Waals surface area contributed by atoms with E-state index in [0.29, 0.717) is 61.6 Å². The van der Waals surface area contributed by atoms with Gasteiger partial charge in [-0.15, -0.1) is 0 Å². The third-order valence-electron chi connectivity index (χ3n) is 10.4. The Hall–Kier alpha value is -5.81. The Bertz CT molecular complexity index is 2880. The zero-order valence-electron chi connectivity index (χ0n) is 32.4. The van der Waals surface area contributed by atoms with Crippen LogP contribution >= 0.6 is 11.6 Å². The van der Waals surface area contributed by atoms with Crippen molar-refractivity contribution in [2.24, 2.45) is 0 Å². The fourth-order valence-corrected chi connectivity index (χ4v) is 9.04. The summed E-state index contributed by atoms with van der Waals surface area (Å²) >= 11 is 6.63. The normalized spacial score (nSPS) is 15.3. The lowest BCUT2D eigenvalue weighted by molar-refractivity contribution is -0.122. The van der Waals surface area contributed by atoms with Crippen molar-refractivity contribution in [3.05, 3.63) is 104 Å². The summed E-state index contributed by atoms with van der Waals surface area (Å²) < 4.78 is 149. The van der Waals surface area contributed by atoms with Gasteiger partial charge in [0, 0.05) is 31.3 Å². The molecule has 0 unspecified atom stereocenters. The van der Waals surface area contributed by atoms with Gasteiger partial charge in [0.25, 0.3) is 24.8 Å². The Morgan fingerprint density at radius 2 is 1.62 bits per heavy atom. The predicted molar refractivity (Wildman–Crippen MR) is 213 cm³/mol. The molecule has 63 heavy (non-hydrogen) atoms. The second-order valence-electron chi connectivity index (χ2n) is 14.8. The minimum Gasteiger partial charge on any atom is -0.378 e. The lowest BCUT2D eigenvalue weighted by atomic mass is 10.0. The summed E-state index contributed by atoms with van der Waals surface area (Å²) in [6.45, 7) is -0.527. The molecule has 0 radical (unpaired) electrons. The number of alkyl halides is 6. The Labute approximate surface area is 356 Å². The van der Waals surface area contributed by atoms with Crippen molar-refractivity contribution in [3.63, 3.8) is 0 Å². The number of anilines is 2. The topological polar surface area (TPSA) is 158 Å². The van der Waals surface area contributed by atoms with Gasteiger partial charge in [-0.3, -0.25) is 28.2 Å². The van der Waals surface area contributed by atoms with Gasteiger partial charge in [-0.1, -0.05) is 11.6 Å². The Morgan fingerprint density at radius 1 is 0.905 bits per heavy atom. The summed E-state index contributed by atoms with van der Waals surface area (Å²) in [7, 11) is -4.08. The van der Waals surface area contributed by atoms with E-state index in [-0.39, 0.29) is 38.1 Å². The average molecular weight is 928 g/mol. The van der Waals surface area contributed by atoms with Crippen molar-refractivity contribution in [3.8, 4) is 5.69 Å². The predicted octanol–water partition coefficient (Wildman–Crippen LogP) is 6.84. The molecule has 14 nitrogen and oxygen atoms in total. The molecule has 0 spiro atoms. The number of hydrogen-bond donors (Lipinski definition) is 2. The van der Waals surface area contributed by atoms with Gasteiger partial charge in [0.1, 0.15) is 41.9 Å². The lowest BCUT2D eigenvalue weighted by Crippen LogP contribution is -2.38. The summed E-state index contributed by atoms with van der Waals surface area (Å²) in [5.74, 6) is -4.07. The van der Waals surface area contributed by atoms with E-state index in [2.05, 4.69) is 20.2 Å². The number of carbonyl (C=O) groups is 1. The Balaban J connectivity index is 1.37. The van der Waals surface area contributed by atoms with E-state index >= 15 is 4.79 Å². The first-order valence-corrected chi connectivity index (χ1v) is 21.2. The number of halogens is 9. The standard InChI is InChI=1S/C39H34ClF8N9O5S/c40-25-5-6-29(34-33(25)37(52-56(34)17-31(43)44)53-63(60,61)23-2-3-23)57-38(50-26-15-22(1-4-24(26)39(57)59)54-7-9-62-10-8-54)28(13-19-11-20(41)14-21(42)12-19)49-32(58)18-55-30(36(47)48)16-27(51-55)35(45)46/h1,4-6,11-12,14-16,23,28,31,35-36H,2-3,7-10,13,17-18H2,(H,49,58)(H,52,53)/t28-/m0/s1. The number of rotatable bonds is 15. The maximum Gasteiger partial charge on any atom is 0.282 e. The van der Waals surface area contributed by atoms with Crippen LogP contribution in [0.4, 0.5) is 46.6 Å². The number of benzene rings is 3. The highest BCUT2D eigenvalue weighted by atomic mass is 35.5. The highest BCUT2D eigenvalue weighted by Gasteiger charge is 2.37. The van der Waals surface area contributed by atoms with Crippen molar-refractivity contribution in [1.82, 2.24) is 34.4 Å². The minimum absolute atomic E-state index is 0.0257. The quantitative estimate of drug-likeness (QED) is 0.105. The van der Waals surface area contributed by atoms with Crippen LogP contribution in [0.5, 0.6) is 0 Å². The SMILES string of the molecule is O=C(Cn1nc(C(F)F)cc1C(F)F)N[C@@H](Cc1cc(F)cc(F)c1)c1nc2cc(N3CCOCC3)ccc2c(=O)n1-c1ccc(Cl)c2c(NS(=O)(=O)C3CC3)nn(CC(F)F)c12. The minimum atomic E-state index is -4.08. The molecule has 24 heteroatoms. The number of fused-ring (bicyclic) bond motifs is 2. The summed E-state index contributed by atoms with van der Waals surface area (Å²) in [6.07, 6.45) is -9.61. The number of nitrogens with one attached hydrogen (secondary N) is 2. The molecular formula is C39H34ClF8N9O5S. The van der Waals surface area contributed by atoms with Gasteiger partial charge in [0.2, 0.25) is 15.9 Å². The smallest absolute Gasteiger partial charge is 0.282 e. The number of morpholine rings is 1. The highest BCUT2D eigenvalue weighted by molar-refractivity contribution is 7.93. The molecule has 6 aromatic rings.